The Morgan fingerprint density at radius 1 is 1.22 bits per heavy atom. The maximum atomic E-state index is 4.28. The topological polar surface area (TPSA) is 55.6 Å². The molecule has 0 aliphatic heterocycles. The molecule has 2 aromatic rings. The third kappa shape index (κ3) is 3.92. The van der Waals surface area contributed by atoms with Crippen molar-refractivity contribution in [3.8, 4) is 0 Å². The largest absolute Gasteiger partial charge is 0.337 e. The van der Waals surface area contributed by atoms with Gasteiger partial charge >= 0.3 is 0 Å². The molecule has 1 unspecified atom stereocenters. The second kappa shape index (κ2) is 6.86. The molecule has 0 radical (unpaired) electrons. The van der Waals surface area contributed by atoms with E-state index in [1.54, 1.807) is 12.4 Å². The van der Waals surface area contributed by atoms with Crippen LogP contribution in [0, 0.1) is 0 Å². The van der Waals surface area contributed by atoms with Crippen LogP contribution in [0.1, 0.15) is 31.5 Å². The molecule has 0 bridgehead atoms. The zero-order valence-electron chi connectivity index (χ0n) is 10.7. The minimum Gasteiger partial charge on any atom is -0.337 e. The fourth-order valence-electron chi connectivity index (χ4n) is 1.80. The van der Waals surface area contributed by atoms with E-state index in [1.165, 1.54) is 0 Å². The highest BCUT2D eigenvalue weighted by atomic mass is 15.0. The van der Waals surface area contributed by atoms with E-state index in [0.717, 1.165) is 31.6 Å². The highest BCUT2D eigenvalue weighted by Gasteiger charge is 2.04. The van der Waals surface area contributed by atoms with E-state index in [2.05, 4.69) is 31.8 Å². The van der Waals surface area contributed by atoms with Gasteiger partial charge in [0.25, 0.3) is 0 Å². The number of aromatic nitrogens is 4. The van der Waals surface area contributed by atoms with E-state index in [1.807, 2.05) is 24.9 Å². The quantitative estimate of drug-likeness (QED) is 0.756. The van der Waals surface area contributed by atoms with Gasteiger partial charge in [-0.05, 0) is 26.3 Å². The lowest BCUT2D eigenvalue weighted by molar-refractivity contribution is 0.515. The highest BCUT2D eigenvalue weighted by Crippen LogP contribution is 2.06. The van der Waals surface area contributed by atoms with Gasteiger partial charge in [-0.1, -0.05) is 0 Å². The Morgan fingerprint density at radius 3 is 2.89 bits per heavy atom. The number of unbranched alkanes of at least 4 members (excludes halogenated alkanes) is 1. The molecule has 0 aliphatic carbocycles. The Hall–Kier alpha value is -1.75. The van der Waals surface area contributed by atoms with Crippen LogP contribution in [0.15, 0.2) is 37.3 Å². The molecule has 1 N–H and O–H groups in total. The maximum Gasteiger partial charge on any atom is 0.0945 e. The molecule has 2 aromatic heterocycles. The minimum absolute atomic E-state index is 0.256. The summed E-state index contributed by atoms with van der Waals surface area (Å²) in [6.07, 6.45) is 13.2. The SMILES string of the molecule is CC(NCCCCn1ccnc1)c1cnccn1. The van der Waals surface area contributed by atoms with Crippen molar-refractivity contribution < 1.29 is 0 Å². The summed E-state index contributed by atoms with van der Waals surface area (Å²) in [7, 11) is 0. The molecular formula is C13H19N5. The molecular weight excluding hydrogens is 226 g/mol. The highest BCUT2D eigenvalue weighted by molar-refractivity contribution is 5.00. The molecule has 0 amide bonds. The Bertz CT molecular complexity index is 426. The summed E-state index contributed by atoms with van der Waals surface area (Å²) in [5, 5.41) is 3.45. The van der Waals surface area contributed by atoms with Crippen LogP contribution in [0.5, 0.6) is 0 Å². The van der Waals surface area contributed by atoms with E-state index in [-0.39, 0.29) is 6.04 Å². The first kappa shape index (κ1) is 12.7. The average molecular weight is 245 g/mol. The van der Waals surface area contributed by atoms with Crippen molar-refractivity contribution in [3.05, 3.63) is 43.0 Å². The van der Waals surface area contributed by atoms with Gasteiger partial charge in [0.1, 0.15) is 0 Å². The number of aryl methyl sites for hydroxylation is 1. The van der Waals surface area contributed by atoms with Gasteiger partial charge in [-0.15, -0.1) is 0 Å². The Kier molecular flexibility index (Phi) is 4.84. The van der Waals surface area contributed by atoms with Gasteiger partial charge in [0, 0.05) is 43.6 Å². The lowest BCUT2D eigenvalue weighted by Crippen LogP contribution is -2.21. The smallest absolute Gasteiger partial charge is 0.0945 e. The summed E-state index contributed by atoms with van der Waals surface area (Å²) >= 11 is 0. The lowest BCUT2D eigenvalue weighted by atomic mass is 10.2. The number of nitrogens with one attached hydrogen (secondary N) is 1. The molecule has 96 valence electrons. The molecule has 2 rings (SSSR count). The van der Waals surface area contributed by atoms with Crippen LogP contribution >= 0.6 is 0 Å². The molecule has 0 fully saturated rings. The van der Waals surface area contributed by atoms with Crippen molar-refractivity contribution in [2.45, 2.75) is 32.4 Å². The predicted octanol–water partition coefficient (Wildman–Crippen LogP) is 1.80. The maximum absolute atomic E-state index is 4.28. The van der Waals surface area contributed by atoms with Crippen LogP contribution in [0.3, 0.4) is 0 Å². The monoisotopic (exact) mass is 245 g/mol. The molecule has 0 aromatic carbocycles. The first-order valence-electron chi connectivity index (χ1n) is 6.31. The molecule has 18 heavy (non-hydrogen) atoms. The van der Waals surface area contributed by atoms with Gasteiger partial charge in [-0.3, -0.25) is 9.97 Å². The summed E-state index contributed by atoms with van der Waals surface area (Å²) in [6.45, 7) is 4.13. The summed E-state index contributed by atoms with van der Waals surface area (Å²) < 4.78 is 2.10. The first-order valence-corrected chi connectivity index (χ1v) is 6.31. The van der Waals surface area contributed by atoms with Gasteiger partial charge in [0.2, 0.25) is 0 Å². The fraction of sp³-hybridized carbons (Fsp3) is 0.462. The summed E-state index contributed by atoms with van der Waals surface area (Å²) in [6, 6.07) is 0.256. The van der Waals surface area contributed by atoms with Crippen molar-refractivity contribution in [2.24, 2.45) is 0 Å². The average Bonchev–Trinajstić information content (AvgIpc) is 2.92. The Labute approximate surface area is 107 Å². The molecule has 1 atom stereocenters. The second-order valence-electron chi connectivity index (χ2n) is 4.31. The molecule has 5 nitrogen and oxygen atoms in total. The normalized spacial score (nSPS) is 12.5. The third-order valence-electron chi connectivity index (χ3n) is 2.88. The lowest BCUT2D eigenvalue weighted by Gasteiger charge is -2.12. The van der Waals surface area contributed by atoms with Gasteiger partial charge < -0.3 is 9.88 Å². The molecule has 0 spiro atoms. The number of nitrogens with zero attached hydrogens (tertiary/aromatic N) is 4. The number of hydrogen-bond acceptors (Lipinski definition) is 4. The van der Waals surface area contributed by atoms with E-state index < -0.39 is 0 Å². The molecule has 0 aliphatic rings. The number of hydrogen-bond donors (Lipinski definition) is 1. The van der Waals surface area contributed by atoms with Crippen molar-refractivity contribution >= 4 is 0 Å². The van der Waals surface area contributed by atoms with Gasteiger partial charge in [-0.25, -0.2) is 4.98 Å². The van der Waals surface area contributed by atoms with Crippen LogP contribution in [0.25, 0.3) is 0 Å². The van der Waals surface area contributed by atoms with E-state index >= 15 is 0 Å². The summed E-state index contributed by atoms with van der Waals surface area (Å²) in [5.74, 6) is 0. The van der Waals surface area contributed by atoms with Crippen LogP contribution in [-0.4, -0.2) is 26.1 Å². The predicted molar refractivity (Wildman–Crippen MR) is 69.9 cm³/mol. The molecule has 0 saturated heterocycles. The summed E-state index contributed by atoms with van der Waals surface area (Å²) in [4.78, 5) is 12.4. The number of imidazole rings is 1. The molecule has 0 saturated carbocycles. The Morgan fingerprint density at radius 2 is 2.17 bits per heavy atom. The van der Waals surface area contributed by atoms with E-state index in [9.17, 15) is 0 Å². The van der Waals surface area contributed by atoms with Gasteiger partial charge in [0.15, 0.2) is 0 Å². The zero-order chi connectivity index (χ0) is 12.6. The molecule has 2 heterocycles. The first-order chi connectivity index (χ1) is 8.86. The summed E-state index contributed by atoms with van der Waals surface area (Å²) in [5.41, 5.74) is 0.993. The number of rotatable bonds is 7. The van der Waals surface area contributed by atoms with Crippen LogP contribution < -0.4 is 5.32 Å². The minimum atomic E-state index is 0.256. The van der Waals surface area contributed by atoms with Crippen molar-refractivity contribution in [1.82, 2.24) is 24.8 Å². The van der Waals surface area contributed by atoms with Crippen molar-refractivity contribution in [3.63, 3.8) is 0 Å². The van der Waals surface area contributed by atoms with Crippen molar-refractivity contribution in [1.29, 1.82) is 0 Å². The van der Waals surface area contributed by atoms with Gasteiger partial charge in [-0.2, -0.15) is 0 Å². The second-order valence-corrected chi connectivity index (χ2v) is 4.31. The van der Waals surface area contributed by atoms with Crippen molar-refractivity contribution in [2.75, 3.05) is 6.54 Å². The third-order valence-corrected chi connectivity index (χ3v) is 2.88. The Balaban J connectivity index is 1.61. The standard InChI is InChI=1S/C13H19N5/c1-12(13-10-14-5-6-17-13)16-4-2-3-8-18-9-7-15-11-18/h5-7,9-12,16H,2-4,8H2,1H3. The fourth-order valence-corrected chi connectivity index (χ4v) is 1.80. The van der Waals surface area contributed by atoms with E-state index in [4.69, 9.17) is 0 Å². The van der Waals surface area contributed by atoms with Crippen LogP contribution in [-0.2, 0) is 6.54 Å². The van der Waals surface area contributed by atoms with Crippen LogP contribution in [0.2, 0.25) is 0 Å². The van der Waals surface area contributed by atoms with E-state index in [0.29, 0.717) is 0 Å². The van der Waals surface area contributed by atoms with Gasteiger partial charge in [0.05, 0.1) is 12.0 Å². The molecule has 5 heteroatoms. The zero-order valence-corrected chi connectivity index (χ0v) is 10.7. The van der Waals surface area contributed by atoms with Crippen LogP contribution in [0.4, 0.5) is 0 Å².